The van der Waals surface area contributed by atoms with Crippen LogP contribution in [0.4, 0.5) is 0 Å². The Bertz CT molecular complexity index is 565. The number of fused-ring (bicyclic) bond motifs is 1. The van der Waals surface area contributed by atoms with Crippen molar-refractivity contribution in [3.63, 3.8) is 0 Å². The van der Waals surface area contributed by atoms with Crippen molar-refractivity contribution in [2.45, 2.75) is 13.0 Å². The van der Waals surface area contributed by atoms with E-state index in [1.807, 2.05) is 44.3 Å². The molecule has 1 aromatic carbocycles. The number of hydrogen-bond acceptors (Lipinski definition) is 2. The number of rotatable bonds is 3. The maximum atomic E-state index is 12.4. The van der Waals surface area contributed by atoms with E-state index < -0.39 is 0 Å². The minimum Gasteiger partial charge on any atom is -0.338 e. The monoisotopic (exact) mass is 306 g/mol. The molecule has 0 fully saturated rings. The molecule has 0 aliphatic heterocycles. The van der Waals surface area contributed by atoms with E-state index >= 15 is 0 Å². The van der Waals surface area contributed by atoms with Crippen molar-refractivity contribution in [3.05, 3.63) is 42.1 Å². The Morgan fingerprint density at radius 2 is 2.17 bits per heavy atom. The maximum absolute atomic E-state index is 12.4. The van der Waals surface area contributed by atoms with Crippen LogP contribution in [0, 0.1) is 0 Å². The standard InChI is InChI=1S/C14H15BrN2O/c1-10(9-15)17(2)14(18)12-5-3-7-13-11(12)6-4-8-16-13/h3-8,10H,9H2,1-2H3. The number of amides is 1. The zero-order valence-corrected chi connectivity index (χ0v) is 12.0. The molecule has 0 saturated carbocycles. The number of carbonyl (C=O) groups is 1. The van der Waals surface area contributed by atoms with Crippen molar-refractivity contribution in [1.29, 1.82) is 0 Å². The third kappa shape index (κ3) is 2.38. The topological polar surface area (TPSA) is 33.2 Å². The molecule has 0 bridgehead atoms. The Balaban J connectivity index is 2.45. The third-order valence-electron chi connectivity index (χ3n) is 3.08. The molecule has 0 saturated heterocycles. The van der Waals surface area contributed by atoms with Gasteiger partial charge in [0.05, 0.1) is 5.52 Å². The van der Waals surface area contributed by atoms with Crippen LogP contribution in [0.25, 0.3) is 10.9 Å². The van der Waals surface area contributed by atoms with E-state index in [-0.39, 0.29) is 11.9 Å². The lowest BCUT2D eigenvalue weighted by molar-refractivity contribution is 0.0760. The fraction of sp³-hybridized carbons (Fsp3) is 0.286. The molecule has 0 aliphatic carbocycles. The molecule has 3 nitrogen and oxygen atoms in total. The van der Waals surface area contributed by atoms with Gasteiger partial charge in [-0.05, 0) is 25.1 Å². The number of aromatic nitrogens is 1. The normalized spacial score (nSPS) is 12.4. The highest BCUT2D eigenvalue weighted by Gasteiger charge is 2.18. The molecule has 94 valence electrons. The second-order valence-corrected chi connectivity index (χ2v) is 4.94. The van der Waals surface area contributed by atoms with Crippen LogP contribution in [0.2, 0.25) is 0 Å². The number of hydrogen-bond donors (Lipinski definition) is 0. The minimum absolute atomic E-state index is 0.0283. The third-order valence-corrected chi connectivity index (χ3v) is 4.02. The van der Waals surface area contributed by atoms with Crippen molar-refractivity contribution in [2.75, 3.05) is 12.4 Å². The second kappa shape index (κ2) is 5.48. The summed E-state index contributed by atoms with van der Waals surface area (Å²) in [6, 6.07) is 9.58. The smallest absolute Gasteiger partial charge is 0.254 e. The first kappa shape index (κ1) is 13.0. The van der Waals surface area contributed by atoms with Gasteiger partial charge in [-0.25, -0.2) is 0 Å². The molecule has 1 atom stereocenters. The summed E-state index contributed by atoms with van der Waals surface area (Å²) >= 11 is 3.40. The average Bonchev–Trinajstić information content (AvgIpc) is 2.44. The van der Waals surface area contributed by atoms with Crippen molar-refractivity contribution >= 4 is 32.7 Å². The van der Waals surface area contributed by atoms with Crippen molar-refractivity contribution < 1.29 is 4.79 Å². The summed E-state index contributed by atoms with van der Waals surface area (Å²) in [6.45, 7) is 2.01. The van der Waals surface area contributed by atoms with Gasteiger partial charge < -0.3 is 4.90 Å². The molecule has 0 N–H and O–H groups in total. The quantitative estimate of drug-likeness (QED) is 0.816. The molecule has 0 radical (unpaired) electrons. The predicted octanol–water partition coefficient (Wildman–Crippen LogP) is 3.09. The van der Waals surface area contributed by atoms with Crippen LogP contribution >= 0.6 is 15.9 Å². The minimum atomic E-state index is 0.0283. The highest BCUT2D eigenvalue weighted by Crippen LogP contribution is 2.18. The van der Waals surface area contributed by atoms with E-state index in [4.69, 9.17) is 0 Å². The van der Waals surface area contributed by atoms with Crippen LogP contribution in [0.3, 0.4) is 0 Å². The lowest BCUT2D eigenvalue weighted by Crippen LogP contribution is -2.36. The molecule has 18 heavy (non-hydrogen) atoms. The Morgan fingerprint density at radius 3 is 2.89 bits per heavy atom. The lowest BCUT2D eigenvalue weighted by atomic mass is 10.1. The van der Waals surface area contributed by atoms with Gasteiger partial charge in [0.15, 0.2) is 0 Å². The van der Waals surface area contributed by atoms with E-state index in [0.29, 0.717) is 5.56 Å². The zero-order chi connectivity index (χ0) is 13.1. The van der Waals surface area contributed by atoms with Crippen molar-refractivity contribution in [3.8, 4) is 0 Å². The lowest BCUT2D eigenvalue weighted by Gasteiger charge is -2.23. The Kier molecular flexibility index (Phi) is 3.97. The zero-order valence-electron chi connectivity index (χ0n) is 10.4. The molecule has 0 spiro atoms. The van der Waals surface area contributed by atoms with E-state index in [2.05, 4.69) is 20.9 Å². The van der Waals surface area contributed by atoms with Gasteiger partial charge in [-0.1, -0.05) is 28.1 Å². The van der Waals surface area contributed by atoms with Gasteiger partial charge in [0.25, 0.3) is 5.91 Å². The van der Waals surface area contributed by atoms with Crippen LogP contribution in [0.15, 0.2) is 36.5 Å². The molecule has 1 aromatic heterocycles. The first-order chi connectivity index (χ1) is 8.65. The molecule has 2 aromatic rings. The summed E-state index contributed by atoms with van der Waals surface area (Å²) in [7, 11) is 1.82. The van der Waals surface area contributed by atoms with Gasteiger partial charge in [-0.3, -0.25) is 9.78 Å². The van der Waals surface area contributed by atoms with Gasteiger partial charge in [-0.2, -0.15) is 0 Å². The predicted molar refractivity (Wildman–Crippen MR) is 77.1 cm³/mol. The van der Waals surface area contributed by atoms with Crippen LogP contribution in [-0.2, 0) is 0 Å². The SMILES string of the molecule is CC(CBr)N(C)C(=O)c1cccc2ncccc12. The van der Waals surface area contributed by atoms with E-state index in [9.17, 15) is 4.79 Å². The summed E-state index contributed by atoms with van der Waals surface area (Å²) in [5.74, 6) is 0.0283. The second-order valence-electron chi connectivity index (χ2n) is 4.30. The summed E-state index contributed by atoms with van der Waals surface area (Å²) in [5.41, 5.74) is 1.55. The fourth-order valence-corrected chi connectivity index (χ4v) is 2.22. The van der Waals surface area contributed by atoms with E-state index in [1.165, 1.54) is 0 Å². The molecule has 0 aliphatic rings. The Labute approximate surface area is 115 Å². The highest BCUT2D eigenvalue weighted by atomic mass is 79.9. The van der Waals surface area contributed by atoms with E-state index in [0.717, 1.165) is 16.2 Å². The van der Waals surface area contributed by atoms with Gasteiger partial charge >= 0.3 is 0 Å². The summed E-state index contributed by atoms with van der Waals surface area (Å²) in [4.78, 5) is 18.5. The molecule has 4 heteroatoms. The van der Waals surface area contributed by atoms with Gasteiger partial charge in [0.1, 0.15) is 0 Å². The van der Waals surface area contributed by atoms with Gasteiger partial charge in [0.2, 0.25) is 0 Å². The van der Waals surface area contributed by atoms with E-state index in [1.54, 1.807) is 11.1 Å². The van der Waals surface area contributed by atoms with Crippen LogP contribution in [0.5, 0.6) is 0 Å². The number of pyridine rings is 1. The molecular weight excluding hydrogens is 292 g/mol. The fourth-order valence-electron chi connectivity index (χ4n) is 1.78. The van der Waals surface area contributed by atoms with Crippen molar-refractivity contribution in [2.24, 2.45) is 0 Å². The summed E-state index contributed by atoms with van der Waals surface area (Å²) in [6.07, 6.45) is 1.74. The number of halogens is 1. The Hall–Kier alpha value is -1.42. The van der Waals surface area contributed by atoms with Crippen LogP contribution < -0.4 is 0 Å². The number of alkyl halides is 1. The molecule has 1 heterocycles. The van der Waals surface area contributed by atoms with Gasteiger partial charge in [-0.15, -0.1) is 0 Å². The number of benzene rings is 1. The summed E-state index contributed by atoms with van der Waals surface area (Å²) in [5, 5.41) is 1.66. The first-order valence-electron chi connectivity index (χ1n) is 5.82. The van der Waals surface area contributed by atoms with Crippen LogP contribution in [0.1, 0.15) is 17.3 Å². The molecule has 2 rings (SSSR count). The number of nitrogens with zero attached hydrogens (tertiary/aromatic N) is 2. The number of carbonyl (C=O) groups excluding carboxylic acids is 1. The highest BCUT2D eigenvalue weighted by molar-refractivity contribution is 9.09. The molecule has 1 amide bonds. The maximum Gasteiger partial charge on any atom is 0.254 e. The van der Waals surface area contributed by atoms with Crippen molar-refractivity contribution in [1.82, 2.24) is 9.88 Å². The van der Waals surface area contributed by atoms with Crippen LogP contribution in [-0.4, -0.2) is 34.2 Å². The molecular formula is C14H15BrN2O. The summed E-state index contributed by atoms with van der Waals surface area (Å²) < 4.78 is 0. The molecule has 1 unspecified atom stereocenters. The van der Waals surface area contributed by atoms with Gasteiger partial charge in [0, 0.05) is 35.6 Å². The Morgan fingerprint density at radius 1 is 1.39 bits per heavy atom. The first-order valence-corrected chi connectivity index (χ1v) is 6.94. The largest absolute Gasteiger partial charge is 0.338 e. The average molecular weight is 307 g/mol.